The smallest absolute Gasteiger partial charge is 0.366 e. The van der Waals surface area contributed by atoms with Crippen LogP contribution >= 0.6 is 11.3 Å². The summed E-state index contributed by atoms with van der Waals surface area (Å²) in [5.74, 6) is -0.454. The molecular formula is C18H19F3N4O3S. The number of thiazole rings is 1. The largest absolute Gasteiger partial charge is 0.416 e. The van der Waals surface area contributed by atoms with Crippen LogP contribution in [0, 0.1) is 29.9 Å². The van der Waals surface area contributed by atoms with Gasteiger partial charge in [-0.3, -0.25) is 14.9 Å². The normalized spacial score (nSPS) is 15.4. The molecule has 0 aliphatic carbocycles. The van der Waals surface area contributed by atoms with Crippen LogP contribution < -0.4 is 10.2 Å². The van der Waals surface area contributed by atoms with Crippen LogP contribution in [0.1, 0.15) is 29.0 Å². The zero-order valence-electron chi connectivity index (χ0n) is 15.7. The molecule has 1 aliphatic heterocycles. The van der Waals surface area contributed by atoms with Crippen molar-refractivity contribution in [3.05, 3.63) is 44.4 Å². The lowest BCUT2D eigenvalue weighted by Crippen LogP contribution is -2.38. The third kappa shape index (κ3) is 4.66. The van der Waals surface area contributed by atoms with Crippen LogP contribution in [-0.2, 0) is 11.0 Å². The molecule has 1 fully saturated rings. The molecule has 156 valence electrons. The van der Waals surface area contributed by atoms with E-state index in [-0.39, 0.29) is 17.5 Å². The predicted octanol–water partition coefficient (Wildman–Crippen LogP) is 4.54. The Bertz CT molecular complexity index is 917. The Morgan fingerprint density at radius 2 is 1.97 bits per heavy atom. The minimum atomic E-state index is -4.65. The summed E-state index contributed by atoms with van der Waals surface area (Å²) in [6.07, 6.45) is -3.78. The van der Waals surface area contributed by atoms with Crippen molar-refractivity contribution in [3.63, 3.8) is 0 Å². The average molecular weight is 428 g/mol. The van der Waals surface area contributed by atoms with Gasteiger partial charge in [0, 0.05) is 30.0 Å². The molecule has 2 heterocycles. The fourth-order valence-corrected chi connectivity index (χ4v) is 4.05. The Kier molecular flexibility index (Phi) is 5.78. The van der Waals surface area contributed by atoms with E-state index in [0.717, 1.165) is 22.7 Å². The zero-order valence-corrected chi connectivity index (χ0v) is 16.6. The Hall–Kier alpha value is -2.69. The molecule has 0 radical (unpaired) electrons. The molecule has 7 nitrogen and oxygen atoms in total. The van der Waals surface area contributed by atoms with Gasteiger partial charge in [-0.2, -0.15) is 13.2 Å². The van der Waals surface area contributed by atoms with Gasteiger partial charge < -0.3 is 10.2 Å². The molecule has 1 aromatic heterocycles. The summed E-state index contributed by atoms with van der Waals surface area (Å²) in [6.45, 7) is 4.44. The van der Waals surface area contributed by atoms with Crippen LogP contribution in [0.15, 0.2) is 18.2 Å². The summed E-state index contributed by atoms with van der Waals surface area (Å²) in [5, 5.41) is 14.6. The number of piperidine rings is 1. The Balaban J connectivity index is 1.68. The number of hydrogen-bond donors (Lipinski definition) is 1. The lowest BCUT2D eigenvalue weighted by molar-refractivity contribution is -0.384. The second-order valence-electron chi connectivity index (χ2n) is 6.87. The first-order chi connectivity index (χ1) is 13.6. The monoisotopic (exact) mass is 428 g/mol. The number of rotatable bonds is 4. The van der Waals surface area contributed by atoms with Crippen molar-refractivity contribution in [2.24, 2.45) is 5.92 Å². The molecular weight excluding hydrogens is 409 g/mol. The highest BCUT2D eigenvalue weighted by molar-refractivity contribution is 7.15. The third-order valence-corrected chi connectivity index (χ3v) is 5.95. The molecule has 1 saturated heterocycles. The molecule has 1 amide bonds. The van der Waals surface area contributed by atoms with Crippen molar-refractivity contribution >= 4 is 33.8 Å². The Morgan fingerprint density at radius 3 is 2.48 bits per heavy atom. The van der Waals surface area contributed by atoms with Gasteiger partial charge >= 0.3 is 6.18 Å². The van der Waals surface area contributed by atoms with E-state index in [1.54, 1.807) is 4.90 Å². The zero-order chi connectivity index (χ0) is 21.3. The molecule has 1 N–H and O–H groups in total. The number of carbonyl (C=O) groups is 1. The van der Waals surface area contributed by atoms with Gasteiger partial charge in [-0.15, -0.1) is 11.3 Å². The Labute approximate surface area is 168 Å². The molecule has 0 unspecified atom stereocenters. The van der Waals surface area contributed by atoms with Crippen molar-refractivity contribution in [3.8, 4) is 0 Å². The van der Waals surface area contributed by atoms with E-state index in [1.807, 2.05) is 13.8 Å². The lowest BCUT2D eigenvalue weighted by Gasteiger charge is -2.32. The molecule has 3 rings (SSSR count). The van der Waals surface area contributed by atoms with Crippen LogP contribution in [0.25, 0.3) is 0 Å². The van der Waals surface area contributed by atoms with E-state index in [9.17, 15) is 28.1 Å². The van der Waals surface area contributed by atoms with E-state index in [1.165, 1.54) is 11.3 Å². The molecule has 1 aromatic carbocycles. The summed E-state index contributed by atoms with van der Waals surface area (Å²) in [7, 11) is 0. The van der Waals surface area contributed by atoms with Crippen LogP contribution in [0.4, 0.5) is 29.7 Å². The first-order valence-electron chi connectivity index (χ1n) is 8.91. The summed E-state index contributed by atoms with van der Waals surface area (Å²) in [6, 6.07) is 2.53. The maximum Gasteiger partial charge on any atom is 0.416 e. The maximum absolute atomic E-state index is 12.9. The van der Waals surface area contributed by atoms with Crippen molar-refractivity contribution in [2.75, 3.05) is 23.3 Å². The number of amides is 1. The summed E-state index contributed by atoms with van der Waals surface area (Å²) >= 11 is 1.39. The third-order valence-electron chi connectivity index (χ3n) is 4.96. The van der Waals surface area contributed by atoms with Gasteiger partial charge in [0.2, 0.25) is 5.91 Å². The number of benzene rings is 1. The van der Waals surface area contributed by atoms with E-state index >= 15 is 0 Å². The molecule has 1 aliphatic rings. The topological polar surface area (TPSA) is 88.4 Å². The van der Waals surface area contributed by atoms with E-state index in [2.05, 4.69) is 10.3 Å². The second kappa shape index (κ2) is 7.97. The van der Waals surface area contributed by atoms with Gasteiger partial charge in [0.05, 0.1) is 16.2 Å². The van der Waals surface area contributed by atoms with Gasteiger partial charge in [0.15, 0.2) is 5.13 Å². The summed E-state index contributed by atoms with van der Waals surface area (Å²) in [4.78, 5) is 29.9. The van der Waals surface area contributed by atoms with Crippen LogP contribution in [-0.4, -0.2) is 28.9 Å². The number of alkyl halides is 3. The van der Waals surface area contributed by atoms with Crippen molar-refractivity contribution in [2.45, 2.75) is 32.9 Å². The molecule has 0 bridgehead atoms. The number of nitro benzene ring substituents is 1. The second-order valence-corrected chi connectivity index (χ2v) is 8.07. The van der Waals surface area contributed by atoms with E-state index in [0.29, 0.717) is 37.1 Å². The van der Waals surface area contributed by atoms with Crippen LogP contribution in [0.5, 0.6) is 0 Å². The number of aryl methyl sites for hydroxylation is 2. The minimum Gasteiger partial charge on any atom is -0.366 e. The fraction of sp³-hybridized carbons (Fsp3) is 0.444. The first-order valence-corrected chi connectivity index (χ1v) is 9.73. The van der Waals surface area contributed by atoms with Gasteiger partial charge in [-0.05, 0) is 38.8 Å². The first kappa shape index (κ1) is 21.0. The molecule has 29 heavy (non-hydrogen) atoms. The SMILES string of the molecule is Cc1nc(NC(=O)C2CCN(c3ccc(C(F)(F)F)cc3[N+](=O)[O-])CC2)sc1C. The number of nitrogens with zero attached hydrogens (tertiary/aromatic N) is 3. The standard InChI is InChI=1S/C18H19F3N4O3S/c1-10-11(2)29-17(22-10)23-16(26)12-5-7-24(8-6-12)14-4-3-13(18(19,20)21)9-15(14)25(27)28/h3-4,9,12H,5-8H2,1-2H3,(H,22,23,26). The number of nitro groups is 1. The maximum atomic E-state index is 12.9. The quantitative estimate of drug-likeness (QED) is 0.571. The molecule has 0 spiro atoms. The molecule has 2 aromatic rings. The highest BCUT2D eigenvalue weighted by Gasteiger charge is 2.35. The number of aromatic nitrogens is 1. The van der Waals surface area contributed by atoms with Crippen molar-refractivity contribution in [1.82, 2.24) is 4.98 Å². The minimum absolute atomic E-state index is 0.132. The lowest BCUT2D eigenvalue weighted by atomic mass is 9.95. The average Bonchev–Trinajstić information content (AvgIpc) is 2.97. The van der Waals surface area contributed by atoms with Crippen LogP contribution in [0.3, 0.4) is 0 Å². The molecule has 11 heteroatoms. The van der Waals surface area contributed by atoms with Gasteiger partial charge in [0.25, 0.3) is 5.69 Å². The fourth-order valence-electron chi connectivity index (χ4n) is 3.23. The van der Waals surface area contributed by atoms with Crippen molar-refractivity contribution < 1.29 is 22.9 Å². The Morgan fingerprint density at radius 1 is 1.31 bits per heavy atom. The van der Waals surface area contributed by atoms with E-state index in [4.69, 9.17) is 0 Å². The van der Waals surface area contributed by atoms with Crippen molar-refractivity contribution in [1.29, 1.82) is 0 Å². The summed E-state index contributed by atoms with van der Waals surface area (Å²) in [5.41, 5.74) is -0.657. The number of carbonyl (C=O) groups excluding carboxylic acids is 1. The number of hydrogen-bond acceptors (Lipinski definition) is 6. The number of anilines is 2. The number of halogens is 3. The van der Waals surface area contributed by atoms with E-state index < -0.39 is 22.4 Å². The highest BCUT2D eigenvalue weighted by atomic mass is 32.1. The molecule has 0 saturated carbocycles. The summed E-state index contributed by atoms with van der Waals surface area (Å²) < 4.78 is 38.6. The highest BCUT2D eigenvalue weighted by Crippen LogP contribution is 2.37. The molecule has 0 atom stereocenters. The number of nitrogens with one attached hydrogen (secondary N) is 1. The van der Waals surface area contributed by atoms with Crippen LogP contribution in [0.2, 0.25) is 0 Å². The van der Waals surface area contributed by atoms with Gasteiger partial charge in [-0.1, -0.05) is 0 Å². The predicted molar refractivity (Wildman–Crippen MR) is 103 cm³/mol. The van der Waals surface area contributed by atoms with Gasteiger partial charge in [0.1, 0.15) is 5.69 Å². The van der Waals surface area contributed by atoms with Gasteiger partial charge in [-0.25, -0.2) is 4.98 Å².